The molecule has 0 aromatic carbocycles. The number of carbonyl (C=O) groups excluding carboxylic acids is 1. The molecule has 0 aliphatic carbocycles. The first-order valence-electron chi connectivity index (χ1n) is 4.47. The van der Waals surface area contributed by atoms with Crippen molar-refractivity contribution in [1.82, 2.24) is 5.32 Å². The SMILES string of the molecule is CNC(CC(=O)OC)c1ccc(C)o1. The summed E-state index contributed by atoms with van der Waals surface area (Å²) < 4.78 is 10.0. The van der Waals surface area contributed by atoms with Crippen LogP contribution in [0.15, 0.2) is 16.5 Å². The Bertz CT molecular complexity index is 306. The summed E-state index contributed by atoms with van der Waals surface area (Å²) in [5, 5.41) is 3.00. The molecule has 14 heavy (non-hydrogen) atoms. The Labute approximate surface area is 83.2 Å². The highest BCUT2D eigenvalue weighted by atomic mass is 16.5. The zero-order valence-corrected chi connectivity index (χ0v) is 8.66. The average Bonchev–Trinajstić information content (AvgIpc) is 2.60. The normalized spacial score (nSPS) is 12.5. The molecule has 0 spiro atoms. The first kappa shape index (κ1) is 10.8. The fourth-order valence-electron chi connectivity index (χ4n) is 1.24. The van der Waals surface area contributed by atoms with E-state index in [1.807, 2.05) is 19.1 Å². The van der Waals surface area contributed by atoms with E-state index in [0.717, 1.165) is 11.5 Å². The molecular formula is C10H15NO3. The summed E-state index contributed by atoms with van der Waals surface area (Å²) >= 11 is 0. The van der Waals surface area contributed by atoms with Crippen molar-refractivity contribution in [3.05, 3.63) is 23.7 Å². The number of esters is 1. The molecule has 1 aromatic heterocycles. The van der Waals surface area contributed by atoms with E-state index in [0.29, 0.717) is 0 Å². The number of nitrogens with one attached hydrogen (secondary N) is 1. The van der Waals surface area contributed by atoms with Gasteiger partial charge < -0.3 is 14.5 Å². The predicted octanol–water partition coefficient (Wildman–Crippen LogP) is 1.41. The second kappa shape index (κ2) is 4.81. The van der Waals surface area contributed by atoms with Gasteiger partial charge in [-0.05, 0) is 26.1 Å². The molecule has 1 heterocycles. The van der Waals surface area contributed by atoms with E-state index in [9.17, 15) is 4.79 Å². The van der Waals surface area contributed by atoms with Crippen LogP contribution < -0.4 is 5.32 Å². The minimum Gasteiger partial charge on any atom is -0.469 e. The van der Waals surface area contributed by atoms with Crippen molar-refractivity contribution < 1.29 is 13.9 Å². The van der Waals surface area contributed by atoms with E-state index in [1.54, 1.807) is 7.05 Å². The summed E-state index contributed by atoms with van der Waals surface area (Å²) in [5.74, 6) is 1.35. The number of carbonyl (C=O) groups is 1. The Morgan fingerprint density at radius 3 is 2.79 bits per heavy atom. The fraction of sp³-hybridized carbons (Fsp3) is 0.500. The molecule has 78 valence electrons. The van der Waals surface area contributed by atoms with E-state index < -0.39 is 0 Å². The number of methoxy groups -OCH3 is 1. The van der Waals surface area contributed by atoms with E-state index in [1.165, 1.54) is 7.11 Å². The highest BCUT2D eigenvalue weighted by Crippen LogP contribution is 2.19. The highest BCUT2D eigenvalue weighted by molar-refractivity contribution is 5.70. The number of hydrogen-bond acceptors (Lipinski definition) is 4. The number of hydrogen-bond donors (Lipinski definition) is 1. The van der Waals surface area contributed by atoms with Crippen molar-refractivity contribution in [1.29, 1.82) is 0 Å². The molecule has 1 unspecified atom stereocenters. The maximum Gasteiger partial charge on any atom is 0.307 e. The van der Waals surface area contributed by atoms with Gasteiger partial charge in [0.1, 0.15) is 11.5 Å². The molecular weight excluding hydrogens is 182 g/mol. The van der Waals surface area contributed by atoms with Gasteiger partial charge in [0, 0.05) is 0 Å². The van der Waals surface area contributed by atoms with Gasteiger partial charge in [-0.15, -0.1) is 0 Å². The lowest BCUT2D eigenvalue weighted by atomic mass is 10.1. The van der Waals surface area contributed by atoms with Crippen molar-refractivity contribution in [3.8, 4) is 0 Å². The van der Waals surface area contributed by atoms with Crippen molar-refractivity contribution >= 4 is 5.97 Å². The fourth-order valence-corrected chi connectivity index (χ4v) is 1.24. The van der Waals surface area contributed by atoms with Crippen LogP contribution in [-0.2, 0) is 9.53 Å². The summed E-state index contributed by atoms with van der Waals surface area (Å²) in [6, 6.07) is 3.62. The van der Waals surface area contributed by atoms with Gasteiger partial charge >= 0.3 is 5.97 Å². The molecule has 0 bridgehead atoms. The van der Waals surface area contributed by atoms with Gasteiger partial charge in [-0.3, -0.25) is 4.79 Å². The Morgan fingerprint density at radius 2 is 2.36 bits per heavy atom. The van der Waals surface area contributed by atoms with Gasteiger partial charge in [0.25, 0.3) is 0 Å². The largest absolute Gasteiger partial charge is 0.469 e. The first-order chi connectivity index (χ1) is 6.67. The standard InChI is InChI=1S/C10H15NO3/c1-7-4-5-9(14-7)8(11-2)6-10(12)13-3/h4-5,8,11H,6H2,1-3H3. The summed E-state index contributed by atoms with van der Waals surface area (Å²) in [4.78, 5) is 11.1. The summed E-state index contributed by atoms with van der Waals surface area (Å²) in [6.07, 6.45) is 0.278. The zero-order chi connectivity index (χ0) is 10.6. The molecule has 4 nitrogen and oxygen atoms in total. The molecule has 0 saturated heterocycles. The molecule has 1 aromatic rings. The molecule has 0 aliphatic heterocycles. The predicted molar refractivity (Wildman–Crippen MR) is 51.9 cm³/mol. The molecule has 0 fully saturated rings. The van der Waals surface area contributed by atoms with Crippen LogP contribution in [0.1, 0.15) is 24.0 Å². The van der Waals surface area contributed by atoms with Gasteiger partial charge in [0.15, 0.2) is 0 Å². The second-order valence-corrected chi connectivity index (χ2v) is 3.07. The third kappa shape index (κ3) is 2.60. The van der Waals surface area contributed by atoms with E-state index in [2.05, 4.69) is 10.1 Å². The van der Waals surface area contributed by atoms with Crippen LogP contribution in [0.2, 0.25) is 0 Å². The maximum absolute atomic E-state index is 11.1. The Kier molecular flexibility index (Phi) is 3.71. The van der Waals surface area contributed by atoms with Crippen LogP contribution >= 0.6 is 0 Å². The molecule has 0 aliphatic rings. The van der Waals surface area contributed by atoms with Crippen LogP contribution in [0, 0.1) is 6.92 Å². The molecule has 0 saturated carbocycles. The molecule has 0 radical (unpaired) electrons. The zero-order valence-electron chi connectivity index (χ0n) is 8.66. The maximum atomic E-state index is 11.1. The van der Waals surface area contributed by atoms with Crippen molar-refractivity contribution in [2.45, 2.75) is 19.4 Å². The molecule has 1 atom stereocenters. The third-order valence-corrected chi connectivity index (χ3v) is 2.05. The van der Waals surface area contributed by atoms with E-state index >= 15 is 0 Å². The summed E-state index contributed by atoms with van der Waals surface area (Å²) in [5.41, 5.74) is 0. The van der Waals surface area contributed by atoms with Gasteiger partial charge in [-0.25, -0.2) is 0 Å². The molecule has 4 heteroatoms. The van der Waals surface area contributed by atoms with Crippen molar-refractivity contribution in [3.63, 3.8) is 0 Å². The Balaban J connectivity index is 2.67. The van der Waals surface area contributed by atoms with Crippen molar-refractivity contribution in [2.24, 2.45) is 0 Å². The van der Waals surface area contributed by atoms with E-state index in [-0.39, 0.29) is 18.4 Å². The van der Waals surface area contributed by atoms with Crippen LogP contribution in [0.5, 0.6) is 0 Å². The van der Waals surface area contributed by atoms with Gasteiger partial charge in [-0.2, -0.15) is 0 Å². The first-order valence-corrected chi connectivity index (χ1v) is 4.47. The van der Waals surface area contributed by atoms with Crippen LogP contribution in [-0.4, -0.2) is 20.1 Å². The third-order valence-electron chi connectivity index (χ3n) is 2.05. The lowest BCUT2D eigenvalue weighted by Crippen LogP contribution is -2.20. The van der Waals surface area contributed by atoms with Gasteiger partial charge in [-0.1, -0.05) is 0 Å². The Morgan fingerprint density at radius 1 is 1.64 bits per heavy atom. The van der Waals surface area contributed by atoms with Crippen LogP contribution in [0.25, 0.3) is 0 Å². The van der Waals surface area contributed by atoms with E-state index in [4.69, 9.17) is 4.42 Å². The second-order valence-electron chi connectivity index (χ2n) is 3.07. The number of aryl methyl sites for hydroxylation is 1. The monoisotopic (exact) mass is 197 g/mol. The van der Waals surface area contributed by atoms with Gasteiger partial charge in [0.05, 0.1) is 19.6 Å². The lowest BCUT2D eigenvalue weighted by molar-refractivity contribution is -0.141. The topological polar surface area (TPSA) is 51.5 Å². The van der Waals surface area contributed by atoms with Crippen molar-refractivity contribution in [2.75, 3.05) is 14.2 Å². The minimum absolute atomic E-state index is 0.115. The average molecular weight is 197 g/mol. The molecule has 1 rings (SSSR count). The number of furan rings is 1. The quantitative estimate of drug-likeness (QED) is 0.741. The van der Waals surface area contributed by atoms with Gasteiger partial charge in [0.2, 0.25) is 0 Å². The smallest absolute Gasteiger partial charge is 0.307 e. The number of rotatable bonds is 4. The Hall–Kier alpha value is -1.29. The van der Waals surface area contributed by atoms with Crippen LogP contribution in [0.4, 0.5) is 0 Å². The van der Waals surface area contributed by atoms with Crippen LogP contribution in [0.3, 0.4) is 0 Å². The lowest BCUT2D eigenvalue weighted by Gasteiger charge is -2.11. The molecule has 0 amide bonds. The summed E-state index contributed by atoms with van der Waals surface area (Å²) in [6.45, 7) is 1.87. The summed E-state index contributed by atoms with van der Waals surface area (Å²) in [7, 11) is 3.16. The highest BCUT2D eigenvalue weighted by Gasteiger charge is 2.17. The number of ether oxygens (including phenoxy) is 1. The molecule has 1 N–H and O–H groups in total. The minimum atomic E-state index is -0.251.